The topological polar surface area (TPSA) is 99.2 Å². The van der Waals surface area contributed by atoms with Gasteiger partial charge >= 0.3 is 0 Å². The number of methoxy groups -OCH3 is 1. The third-order valence-corrected chi connectivity index (χ3v) is 3.07. The average Bonchev–Trinajstić information content (AvgIpc) is 2.49. The van der Waals surface area contributed by atoms with Crippen molar-refractivity contribution in [3.05, 3.63) is 45.7 Å². The number of hydrogen-bond donors (Lipinski definition) is 2. The Bertz CT molecular complexity index is 752. The summed E-state index contributed by atoms with van der Waals surface area (Å²) < 4.78 is 6.40. The number of aromatic nitrogens is 2. The number of rotatable bonds is 3. The number of carbonyl (C=O) groups excluding carboxylic acids is 1. The molecule has 0 aliphatic rings. The van der Waals surface area contributed by atoms with Gasteiger partial charge in [0.15, 0.2) is 0 Å². The Morgan fingerprint density at radius 3 is 2.71 bits per heavy atom. The van der Waals surface area contributed by atoms with Crippen LogP contribution in [0.4, 0.5) is 0 Å². The van der Waals surface area contributed by atoms with Crippen molar-refractivity contribution >= 4 is 5.91 Å². The third-order valence-electron chi connectivity index (χ3n) is 3.07. The smallest absolute Gasteiger partial charge is 0.279 e. The molecule has 0 saturated carbocycles. The Kier molecular flexibility index (Phi) is 4.04. The van der Waals surface area contributed by atoms with Crippen molar-refractivity contribution in [1.82, 2.24) is 15.2 Å². The molecule has 1 aromatic heterocycles. The van der Waals surface area contributed by atoms with Gasteiger partial charge in [0, 0.05) is 12.6 Å². The Morgan fingerprint density at radius 1 is 1.38 bits per heavy atom. The van der Waals surface area contributed by atoms with Gasteiger partial charge in [0.2, 0.25) is 0 Å². The van der Waals surface area contributed by atoms with Gasteiger partial charge in [-0.2, -0.15) is 5.10 Å². The molecule has 2 rings (SSSR count). The predicted octanol–water partition coefficient (Wildman–Crippen LogP) is 0.368. The van der Waals surface area contributed by atoms with Crippen LogP contribution in [0.5, 0.6) is 5.75 Å². The summed E-state index contributed by atoms with van der Waals surface area (Å²) in [5, 5.41) is 4.17. The molecule has 0 saturated heterocycles. The van der Waals surface area contributed by atoms with Crippen LogP contribution in [0.15, 0.2) is 29.1 Å². The summed E-state index contributed by atoms with van der Waals surface area (Å²) in [6.07, 6.45) is 0. The SMILES string of the molecule is COc1ccc(C)cc1-c1cc(C(=O)NN)c(=O)n(C)n1. The molecule has 7 nitrogen and oxygen atoms in total. The summed E-state index contributed by atoms with van der Waals surface area (Å²) in [7, 11) is 3.02. The average molecular weight is 288 g/mol. The molecule has 0 bridgehead atoms. The van der Waals surface area contributed by atoms with Crippen molar-refractivity contribution < 1.29 is 9.53 Å². The summed E-state index contributed by atoms with van der Waals surface area (Å²) in [5.41, 5.74) is 3.52. The zero-order valence-corrected chi connectivity index (χ0v) is 12.0. The largest absolute Gasteiger partial charge is 0.496 e. The van der Waals surface area contributed by atoms with Gasteiger partial charge in [-0.3, -0.25) is 15.0 Å². The number of nitrogens with two attached hydrogens (primary N) is 1. The number of nitrogens with zero attached hydrogens (tertiary/aromatic N) is 2. The first-order chi connectivity index (χ1) is 9.97. The highest BCUT2D eigenvalue weighted by Gasteiger charge is 2.16. The molecular formula is C14H16N4O3. The van der Waals surface area contributed by atoms with Crippen LogP contribution < -0.4 is 21.6 Å². The number of amides is 1. The Labute approximate surface area is 121 Å². The van der Waals surface area contributed by atoms with Crippen LogP contribution >= 0.6 is 0 Å². The minimum Gasteiger partial charge on any atom is -0.496 e. The second kappa shape index (κ2) is 5.76. The number of benzene rings is 1. The lowest BCUT2D eigenvalue weighted by Gasteiger charge is -2.11. The van der Waals surface area contributed by atoms with E-state index >= 15 is 0 Å². The van der Waals surface area contributed by atoms with Crippen molar-refractivity contribution in [3.8, 4) is 17.0 Å². The van der Waals surface area contributed by atoms with Crippen LogP contribution in [0, 0.1) is 6.92 Å². The zero-order valence-electron chi connectivity index (χ0n) is 12.0. The van der Waals surface area contributed by atoms with Crippen molar-refractivity contribution in [2.24, 2.45) is 12.9 Å². The number of hydrazine groups is 1. The fraction of sp³-hybridized carbons (Fsp3) is 0.214. The molecular weight excluding hydrogens is 272 g/mol. The molecule has 0 aliphatic heterocycles. The molecule has 0 unspecified atom stereocenters. The first-order valence-electron chi connectivity index (χ1n) is 6.22. The Balaban J connectivity index is 2.71. The van der Waals surface area contributed by atoms with Crippen LogP contribution in [-0.2, 0) is 7.05 Å². The molecule has 1 heterocycles. The maximum atomic E-state index is 11.9. The fourth-order valence-corrected chi connectivity index (χ4v) is 2.00. The van der Waals surface area contributed by atoms with E-state index in [1.54, 1.807) is 13.2 Å². The van der Waals surface area contributed by atoms with Gasteiger partial charge in [-0.05, 0) is 25.1 Å². The maximum Gasteiger partial charge on any atom is 0.279 e. The second-order valence-corrected chi connectivity index (χ2v) is 4.55. The summed E-state index contributed by atoms with van der Waals surface area (Å²) in [5.74, 6) is 5.04. The molecule has 110 valence electrons. The summed E-state index contributed by atoms with van der Waals surface area (Å²) in [6, 6.07) is 6.98. The molecule has 0 spiro atoms. The van der Waals surface area contributed by atoms with Crippen LogP contribution in [0.25, 0.3) is 11.3 Å². The fourth-order valence-electron chi connectivity index (χ4n) is 2.00. The quantitative estimate of drug-likeness (QED) is 0.483. The summed E-state index contributed by atoms with van der Waals surface area (Å²) in [4.78, 5) is 23.6. The van der Waals surface area contributed by atoms with E-state index in [4.69, 9.17) is 10.6 Å². The lowest BCUT2D eigenvalue weighted by molar-refractivity contribution is 0.0951. The minimum atomic E-state index is -0.661. The molecule has 0 fully saturated rings. The highest BCUT2D eigenvalue weighted by molar-refractivity contribution is 5.94. The standard InChI is InChI=1S/C14H16N4O3/c1-8-4-5-12(21-3)9(6-8)11-7-10(13(19)16-15)14(20)18(2)17-11/h4-7H,15H2,1-3H3,(H,16,19). The normalized spacial score (nSPS) is 10.3. The summed E-state index contributed by atoms with van der Waals surface area (Å²) in [6.45, 7) is 1.93. The van der Waals surface area contributed by atoms with E-state index in [0.717, 1.165) is 10.2 Å². The van der Waals surface area contributed by atoms with Gasteiger partial charge in [-0.15, -0.1) is 0 Å². The molecule has 3 N–H and O–H groups in total. The first-order valence-corrected chi connectivity index (χ1v) is 6.22. The lowest BCUT2D eigenvalue weighted by atomic mass is 10.1. The maximum absolute atomic E-state index is 11.9. The zero-order chi connectivity index (χ0) is 15.6. The van der Waals surface area contributed by atoms with Crippen LogP contribution in [0.1, 0.15) is 15.9 Å². The van der Waals surface area contributed by atoms with Gasteiger partial charge in [0.05, 0.1) is 12.8 Å². The predicted molar refractivity (Wildman–Crippen MR) is 77.9 cm³/mol. The van der Waals surface area contributed by atoms with Crippen molar-refractivity contribution in [3.63, 3.8) is 0 Å². The molecule has 7 heteroatoms. The van der Waals surface area contributed by atoms with E-state index in [1.807, 2.05) is 24.5 Å². The molecule has 1 amide bonds. The van der Waals surface area contributed by atoms with Gasteiger partial charge < -0.3 is 4.74 Å². The molecule has 21 heavy (non-hydrogen) atoms. The third kappa shape index (κ3) is 2.77. The molecule has 0 radical (unpaired) electrons. The van der Waals surface area contributed by atoms with E-state index in [-0.39, 0.29) is 5.56 Å². The second-order valence-electron chi connectivity index (χ2n) is 4.55. The van der Waals surface area contributed by atoms with E-state index in [9.17, 15) is 9.59 Å². The highest BCUT2D eigenvalue weighted by atomic mass is 16.5. The molecule has 0 aliphatic carbocycles. The van der Waals surface area contributed by atoms with E-state index in [2.05, 4.69) is 5.10 Å². The number of aryl methyl sites for hydroxylation is 2. The van der Waals surface area contributed by atoms with Crippen molar-refractivity contribution in [2.75, 3.05) is 7.11 Å². The van der Waals surface area contributed by atoms with Crippen molar-refractivity contribution in [1.29, 1.82) is 0 Å². The number of hydrogen-bond acceptors (Lipinski definition) is 5. The molecule has 1 aromatic carbocycles. The number of carbonyl (C=O) groups is 1. The van der Waals surface area contributed by atoms with Gasteiger partial charge in [-0.1, -0.05) is 11.6 Å². The lowest BCUT2D eigenvalue weighted by Crippen LogP contribution is -2.36. The van der Waals surface area contributed by atoms with Gasteiger partial charge in [0.25, 0.3) is 11.5 Å². The van der Waals surface area contributed by atoms with Crippen LogP contribution in [0.2, 0.25) is 0 Å². The number of nitrogens with one attached hydrogen (secondary N) is 1. The monoisotopic (exact) mass is 288 g/mol. The van der Waals surface area contributed by atoms with E-state index in [1.165, 1.54) is 13.1 Å². The van der Waals surface area contributed by atoms with Crippen LogP contribution in [-0.4, -0.2) is 22.8 Å². The number of ether oxygens (including phenoxy) is 1. The summed E-state index contributed by atoms with van der Waals surface area (Å²) >= 11 is 0. The minimum absolute atomic E-state index is 0.0754. The molecule has 2 aromatic rings. The highest BCUT2D eigenvalue weighted by Crippen LogP contribution is 2.29. The van der Waals surface area contributed by atoms with Crippen molar-refractivity contribution in [2.45, 2.75) is 6.92 Å². The van der Waals surface area contributed by atoms with Crippen LogP contribution in [0.3, 0.4) is 0 Å². The molecule has 0 atom stereocenters. The Morgan fingerprint density at radius 2 is 2.10 bits per heavy atom. The Hall–Kier alpha value is -2.67. The van der Waals surface area contributed by atoms with E-state index in [0.29, 0.717) is 17.0 Å². The van der Waals surface area contributed by atoms with E-state index < -0.39 is 11.5 Å². The van der Waals surface area contributed by atoms with Gasteiger partial charge in [-0.25, -0.2) is 10.5 Å². The van der Waals surface area contributed by atoms with Gasteiger partial charge in [0.1, 0.15) is 11.3 Å². The first kappa shape index (κ1) is 14.7. The number of nitrogen functional groups attached to an aromatic ring is 1.